The lowest BCUT2D eigenvalue weighted by atomic mass is 9.54. The van der Waals surface area contributed by atoms with E-state index < -0.39 is 0 Å². The first-order valence-corrected chi connectivity index (χ1v) is 5.31. The number of carbonyl (C=O) groups is 1. The van der Waals surface area contributed by atoms with Crippen LogP contribution in [0.15, 0.2) is 0 Å². The highest BCUT2D eigenvalue weighted by Crippen LogP contribution is 2.53. The minimum Gasteiger partial charge on any atom is -0.396 e. The molecule has 2 bridgehead atoms. The summed E-state index contributed by atoms with van der Waals surface area (Å²) >= 11 is 0. The van der Waals surface area contributed by atoms with E-state index in [-0.39, 0.29) is 17.9 Å². The molecular formula is C11H18O2. The molecule has 2 heteroatoms. The summed E-state index contributed by atoms with van der Waals surface area (Å²) in [6, 6.07) is 0. The predicted octanol–water partition coefficient (Wildman–Crippen LogP) is 1.76. The molecule has 0 heterocycles. The summed E-state index contributed by atoms with van der Waals surface area (Å²) < 4.78 is 0. The number of aliphatic hydroxyl groups is 1. The highest BCUT2D eigenvalue weighted by Gasteiger charge is 2.50. The van der Waals surface area contributed by atoms with Gasteiger partial charge in [-0.2, -0.15) is 0 Å². The molecule has 0 spiro atoms. The van der Waals surface area contributed by atoms with E-state index in [1.54, 1.807) is 6.92 Å². The minimum atomic E-state index is -0.135. The molecule has 3 aliphatic rings. The van der Waals surface area contributed by atoms with E-state index >= 15 is 0 Å². The monoisotopic (exact) mass is 182 g/mol. The average Bonchev–Trinajstić information content (AvgIpc) is 2.19. The Hall–Kier alpha value is -0.370. The molecule has 1 N–H and O–H groups in total. The Morgan fingerprint density at radius 3 is 2.46 bits per heavy atom. The number of ketones is 1. The van der Waals surface area contributed by atoms with Gasteiger partial charge in [0.15, 0.2) is 0 Å². The third-order valence-electron chi connectivity index (χ3n) is 4.32. The quantitative estimate of drug-likeness (QED) is 0.706. The largest absolute Gasteiger partial charge is 0.396 e. The van der Waals surface area contributed by atoms with Gasteiger partial charge in [-0.25, -0.2) is 0 Å². The summed E-state index contributed by atoms with van der Waals surface area (Å²) in [6.07, 6.45) is 5.54. The molecule has 1 atom stereocenters. The topological polar surface area (TPSA) is 37.3 Å². The molecule has 0 aliphatic heterocycles. The zero-order chi connectivity index (χ0) is 9.47. The van der Waals surface area contributed by atoms with Gasteiger partial charge in [-0.15, -0.1) is 0 Å². The van der Waals surface area contributed by atoms with Crippen LogP contribution >= 0.6 is 0 Å². The van der Waals surface area contributed by atoms with Gasteiger partial charge in [0, 0.05) is 12.0 Å². The second-order valence-corrected chi connectivity index (χ2v) is 4.77. The van der Waals surface area contributed by atoms with E-state index in [1.165, 1.54) is 12.8 Å². The molecule has 74 valence electrons. The molecule has 13 heavy (non-hydrogen) atoms. The van der Waals surface area contributed by atoms with E-state index in [1.807, 2.05) is 0 Å². The van der Waals surface area contributed by atoms with Gasteiger partial charge in [0.25, 0.3) is 0 Å². The fourth-order valence-electron chi connectivity index (χ4n) is 3.35. The second kappa shape index (κ2) is 3.09. The summed E-state index contributed by atoms with van der Waals surface area (Å²) in [5, 5.41) is 9.27. The summed E-state index contributed by atoms with van der Waals surface area (Å²) in [4.78, 5) is 11.6. The van der Waals surface area contributed by atoms with Crippen LogP contribution in [0.4, 0.5) is 0 Å². The predicted molar refractivity (Wildman–Crippen MR) is 50.3 cm³/mol. The maximum absolute atomic E-state index is 11.6. The van der Waals surface area contributed by atoms with Crippen molar-refractivity contribution in [2.75, 3.05) is 6.61 Å². The van der Waals surface area contributed by atoms with Crippen LogP contribution in [0.1, 0.15) is 39.0 Å². The SMILES string of the molecule is CC(=O)C12CCC(CC1)CC2CO. The molecule has 0 aromatic carbocycles. The first-order chi connectivity index (χ1) is 6.19. The lowest BCUT2D eigenvalue weighted by Gasteiger charge is -2.50. The van der Waals surface area contributed by atoms with Gasteiger partial charge in [-0.1, -0.05) is 0 Å². The van der Waals surface area contributed by atoms with Crippen LogP contribution in [-0.4, -0.2) is 17.5 Å². The van der Waals surface area contributed by atoms with Gasteiger partial charge in [0.05, 0.1) is 0 Å². The maximum atomic E-state index is 11.6. The Kier molecular flexibility index (Phi) is 2.18. The molecule has 0 radical (unpaired) electrons. The van der Waals surface area contributed by atoms with Gasteiger partial charge in [0.2, 0.25) is 0 Å². The molecule has 3 rings (SSSR count). The molecule has 0 amide bonds. The van der Waals surface area contributed by atoms with Crippen LogP contribution in [0.25, 0.3) is 0 Å². The van der Waals surface area contributed by atoms with E-state index in [0.717, 1.165) is 25.2 Å². The van der Waals surface area contributed by atoms with Crippen molar-refractivity contribution in [3.63, 3.8) is 0 Å². The Morgan fingerprint density at radius 1 is 1.46 bits per heavy atom. The fraction of sp³-hybridized carbons (Fsp3) is 0.909. The van der Waals surface area contributed by atoms with E-state index in [0.29, 0.717) is 5.78 Å². The van der Waals surface area contributed by atoms with Crippen molar-refractivity contribution in [1.29, 1.82) is 0 Å². The lowest BCUT2D eigenvalue weighted by molar-refractivity contribution is -0.140. The number of carbonyl (C=O) groups excluding carboxylic acids is 1. The Morgan fingerprint density at radius 2 is 2.08 bits per heavy atom. The Bertz CT molecular complexity index is 214. The van der Waals surface area contributed by atoms with Crippen LogP contribution in [0.5, 0.6) is 0 Å². The Balaban J connectivity index is 2.25. The first-order valence-electron chi connectivity index (χ1n) is 5.31. The molecule has 3 fully saturated rings. The zero-order valence-corrected chi connectivity index (χ0v) is 8.25. The zero-order valence-electron chi connectivity index (χ0n) is 8.25. The minimum absolute atomic E-state index is 0.135. The normalized spacial score (nSPS) is 43.5. The van der Waals surface area contributed by atoms with Crippen molar-refractivity contribution in [2.45, 2.75) is 39.0 Å². The van der Waals surface area contributed by atoms with Crippen molar-refractivity contribution >= 4 is 5.78 Å². The van der Waals surface area contributed by atoms with Crippen LogP contribution in [0, 0.1) is 17.3 Å². The number of rotatable bonds is 2. The lowest BCUT2D eigenvalue weighted by Crippen LogP contribution is -2.48. The van der Waals surface area contributed by atoms with Crippen molar-refractivity contribution in [3.8, 4) is 0 Å². The van der Waals surface area contributed by atoms with Crippen molar-refractivity contribution in [2.24, 2.45) is 17.3 Å². The molecule has 3 saturated carbocycles. The molecule has 2 nitrogen and oxygen atoms in total. The number of hydrogen-bond donors (Lipinski definition) is 1. The van der Waals surface area contributed by atoms with Gasteiger partial charge < -0.3 is 5.11 Å². The van der Waals surface area contributed by atoms with Crippen molar-refractivity contribution in [1.82, 2.24) is 0 Å². The van der Waals surface area contributed by atoms with Crippen LogP contribution in [-0.2, 0) is 4.79 Å². The van der Waals surface area contributed by atoms with Crippen LogP contribution in [0.3, 0.4) is 0 Å². The Labute approximate surface area is 79.3 Å². The highest BCUT2D eigenvalue weighted by molar-refractivity contribution is 5.83. The highest BCUT2D eigenvalue weighted by atomic mass is 16.3. The van der Waals surface area contributed by atoms with Gasteiger partial charge in [-0.3, -0.25) is 4.79 Å². The van der Waals surface area contributed by atoms with Gasteiger partial charge >= 0.3 is 0 Å². The smallest absolute Gasteiger partial charge is 0.136 e. The molecule has 3 aliphatic carbocycles. The van der Waals surface area contributed by atoms with Gasteiger partial charge in [-0.05, 0) is 50.9 Å². The molecule has 1 unspecified atom stereocenters. The second-order valence-electron chi connectivity index (χ2n) is 4.77. The van der Waals surface area contributed by atoms with Crippen molar-refractivity contribution in [3.05, 3.63) is 0 Å². The molecule has 0 saturated heterocycles. The van der Waals surface area contributed by atoms with E-state index in [9.17, 15) is 9.90 Å². The number of aliphatic hydroxyl groups excluding tert-OH is 1. The molecule has 0 aromatic heterocycles. The number of fused-ring (bicyclic) bond motifs is 3. The van der Waals surface area contributed by atoms with Crippen LogP contribution in [0.2, 0.25) is 0 Å². The van der Waals surface area contributed by atoms with Crippen LogP contribution < -0.4 is 0 Å². The van der Waals surface area contributed by atoms with Crippen molar-refractivity contribution < 1.29 is 9.90 Å². The summed E-state index contributed by atoms with van der Waals surface area (Å²) in [6.45, 7) is 1.91. The standard InChI is InChI=1S/C11H18O2/c1-8(13)11-4-2-9(3-5-11)6-10(11)7-12/h9-10,12H,2-7H2,1H3. The summed E-state index contributed by atoms with van der Waals surface area (Å²) in [5.41, 5.74) is -0.135. The summed E-state index contributed by atoms with van der Waals surface area (Å²) in [7, 11) is 0. The first kappa shape index (κ1) is 9.20. The van der Waals surface area contributed by atoms with Gasteiger partial charge in [0.1, 0.15) is 5.78 Å². The number of hydrogen-bond acceptors (Lipinski definition) is 2. The van der Waals surface area contributed by atoms with E-state index in [2.05, 4.69) is 0 Å². The third kappa shape index (κ3) is 1.23. The maximum Gasteiger partial charge on any atom is 0.136 e. The fourth-order valence-corrected chi connectivity index (χ4v) is 3.35. The molecular weight excluding hydrogens is 164 g/mol. The third-order valence-corrected chi connectivity index (χ3v) is 4.32. The average molecular weight is 182 g/mol. The summed E-state index contributed by atoms with van der Waals surface area (Å²) in [5.74, 6) is 1.36. The molecule has 0 aromatic rings. The van der Waals surface area contributed by atoms with E-state index in [4.69, 9.17) is 0 Å². The number of Topliss-reactive ketones (excluding diaryl/α,β-unsaturated/α-hetero) is 1.